The van der Waals surface area contributed by atoms with Crippen molar-refractivity contribution in [3.63, 3.8) is 0 Å². The third kappa shape index (κ3) is 3.90. The van der Waals surface area contributed by atoms with E-state index in [4.69, 9.17) is 5.11 Å². The quantitative estimate of drug-likeness (QED) is 0.678. The van der Waals surface area contributed by atoms with E-state index in [1.807, 2.05) is 60.7 Å². The highest BCUT2D eigenvalue weighted by molar-refractivity contribution is 5.26. The van der Waals surface area contributed by atoms with Gasteiger partial charge in [0.15, 0.2) is 0 Å². The van der Waals surface area contributed by atoms with Crippen molar-refractivity contribution in [3.8, 4) is 0 Å². The Balaban J connectivity index is 2.17. The summed E-state index contributed by atoms with van der Waals surface area (Å²) in [7, 11) is 0. The van der Waals surface area contributed by atoms with Crippen molar-refractivity contribution in [2.75, 3.05) is 13.2 Å². The van der Waals surface area contributed by atoms with Gasteiger partial charge in [0.25, 0.3) is 0 Å². The number of hydrogen-bond acceptors (Lipinski definition) is 3. The average Bonchev–Trinajstić information content (AvgIpc) is 2.53. The molecule has 0 bridgehead atoms. The van der Waals surface area contributed by atoms with E-state index < -0.39 is 6.10 Å². The summed E-state index contributed by atoms with van der Waals surface area (Å²) in [6.45, 7) is 0.815. The summed E-state index contributed by atoms with van der Waals surface area (Å²) in [5.74, 6) is 0. The van der Waals surface area contributed by atoms with E-state index in [1.54, 1.807) is 0 Å². The zero-order chi connectivity index (χ0) is 14.2. The van der Waals surface area contributed by atoms with Gasteiger partial charge >= 0.3 is 0 Å². The summed E-state index contributed by atoms with van der Waals surface area (Å²) < 4.78 is 0. The highest BCUT2D eigenvalue weighted by Crippen LogP contribution is 2.28. The second-order valence-electron chi connectivity index (χ2n) is 4.78. The summed E-state index contributed by atoms with van der Waals surface area (Å²) in [6.07, 6.45) is 0.0579. The molecule has 20 heavy (non-hydrogen) atoms. The summed E-state index contributed by atoms with van der Waals surface area (Å²) in [5, 5.41) is 22.8. The zero-order valence-electron chi connectivity index (χ0n) is 11.4. The molecule has 0 aliphatic heterocycles. The van der Waals surface area contributed by atoms with E-state index >= 15 is 0 Å². The van der Waals surface area contributed by atoms with Crippen molar-refractivity contribution in [1.29, 1.82) is 0 Å². The Morgan fingerprint density at radius 3 is 1.95 bits per heavy atom. The van der Waals surface area contributed by atoms with Gasteiger partial charge in [0.05, 0.1) is 12.1 Å². The molecule has 2 aromatic carbocycles. The van der Waals surface area contributed by atoms with Crippen LogP contribution in [0.15, 0.2) is 60.7 Å². The van der Waals surface area contributed by atoms with Gasteiger partial charge in [-0.15, -0.1) is 0 Å². The molecule has 0 amide bonds. The van der Waals surface area contributed by atoms with Crippen LogP contribution in [0.4, 0.5) is 0 Å². The van der Waals surface area contributed by atoms with Crippen molar-refractivity contribution in [3.05, 3.63) is 71.8 Å². The molecule has 2 rings (SSSR count). The van der Waals surface area contributed by atoms with Gasteiger partial charge in [-0.3, -0.25) is 0 Å². The van der Waals surface area contributed by atoms with E-state index in [1.165, 1.54) is 0 Å². The summed E-state index contributed by atoms with van der Waals surface area (Å²) in [6, 6.07) is 19.4. The number of aliphatic hydroxyl groups excluding tert-OH is 2. The third-order valence-electron chi connectivity index (χ3n) is 3.31. The topological polar surface area (TPSA) is 52.5 Å². The molecule has 0 fully saturated rings. The minimum Gasteiger partial charge on any atom is -0.396 e. The first-order valence-electron chi connectivity index (χ1n) is 6.95. The molecule has 106 valence electrons. The van der Waals surface area contributed by atoms with Gasteiger partial charge in [-0.05, 0) is 24.1 Å². The molecule has 2 atom stereocenters. The third-order valence-corrected chi connectivity index (χ3v) is 3.31. The van der Waals surface area contributed by atoms with E-state index in [-0.39, 0.29) is 12.6 Å². The van der Waals surface area contributed by atoms with Crippen LogP contribution in [0.5, 0.6) is 0 Å². The molecular weight excluding hydrogens is 250 g/mol. The van der Waals surface area contributed by atoms with Gasteiger partial charge in [0, 0.05) is 6.61 Å². The molecule has 0 saturated carbocycles. The molecule has 0 spiro atoms. The van der Waals surface area contributed by atoms with Gasteiger partial charge in [-0.1, -0.05) is 60.7 Å². The molecular formula is C17H21NO2. The minimum absolute atomic E-state index is 0.149. The van der Waals surface area contributed by atoms with Crippen molar-refractivity contribution < 1.29 is 10.2 Å². The Labute approximate surface area is 119 Å². The van der Waals surface area contributed by atoms with E-state index in [2.05, 4.69) is 5.32 Å². The maximum absolute atomic E-state index is 10.6. The molecule has 2 aromatic rings. The Morgan fingerprint density at radius 1 is 0.850 bits per heavy atom. The van der Waals surface area contributed by atoms with Crippen LogP contribution in [0.25, 0.3) is 0 Å². The SMILES string of the molecule is OCCCNC(c1ccccc1)C(O)c1ccccc1. The van der Waals surface area contributed by atoms with Crippen LogP contribution in [-0.2, 0) is 0 Å². The number of hydrogen-bond donors (Lipinski definition) is 3. The van der Waals surface area contributed by atoms with E-state index in [0.717, 1.165) is 11.1 Å². The minimum atomic E-state index is -0.614. The van der Waals surface area contributed by atoms with Crippen molar-refractivity contribution >= 4 is 0 Å². The first-order valence-corrected chi connectivity index (χ1v) is 6.95. The first kappa shape index (κ1) is 14.7. The molecule has 0 heterocycles. The average molecular weight is 271 g/mol. The van der Waals surface area contributed by atoms with Gasteiger partial charge < -0.3 is 15.5 Å². The number of rotatable bonds is 7. The van der Waals surface area contributed by atoms with Gasteiger partial charge in [-0.2, -0.15) is 0 Å². The Morgan fingerprint density at radius 2 is 1.40 bits per heavy atom. The van der Waals surface area contributed by atoms with Crippen LogP contribution in [0, 0.1) is 0 Å². The highest BCUT2D eigenvalue weighted by Gasteiger charge is 2.21. The molecule has 0 radical (unpaired) electrons. The lowest BCUT2D eigenvalue weighted by Gasteiger charge is -2.25. The predicted octanol–water partition coefficient (Wildman–Crippen LogP) is 2.43. The molecule has 0 saturated heterocycles. The fourth-order valence-electron chi connectivity index (χ4n) is 2.25. The van der Waals surface area contributed by atoms with Crippen molar-refractivity contribution in [2.45, 2.75) is 18.6 Å². The normalized spacial score (nSPS) is 13.9. The monoisotopic (exact) mass is 271 g/mol. The van der Waals surface area contributed by atoms with Crippen LogP contribution >= 0.6 is 0 Å². The number of nitrogens with one attached hydrogen (secondary N) is 1. The molecule has 3 N–H and O–H groups in total. The standard InChI is InChI=1S/C17H21NO2/c19-13-7-12-18-16(14-8-3-1-4-9-14)17(20)15-10-5-2-6-11-15/h1-6,8-11,16-20H,7,12-13H2. The largest absolute Gasteiger partial charge is 0.396 e. The molecule has 3 nitrogen and oxygen atoms in total. The lowest BCUT2D eigenvalue weighted by atomic mass is 9.96. The Kier molecular flexibility index (Phi) is 5.74. The van der Waals surface area contributed by atoms with Gasteiger partial charge in [0.2, 0.25) is 0 Å². The first-order chi connectivity index (χ1) is 9.83. The maximum atomic E-state index is 10.6. The summed E-state index contributed by atoms with van der Waals surface area (Å²) >= 11 is 0. The smallest absolute Gasteiger partial charge is 0.0984 e. The van der Waals surface area contributed by atoms with Crippen LogP contribution in [0.3, 0.4) is 0 Å². The van der Waals surface area contributed by atoms with E-state index in [9.17, 15) is 5.11 Å². The van der Waals surface area contributed by atoms with Gasteiger partial charge in [0.1, 0.15) is 0 Å². The summed E-state index contributed by atoms with van der Waals surface area (Å²) in [4.78, 5) is 0. The molecule has 0 aliphatic carbocycles. The van der Waals surface area contributed by atoms with Crippen molar-refractivity contribution in [2.24, 2.45) is 0 Å². The molecule has 0 aromatic heterocycles. The number of aliphatic hydroxyl groups is 2. The number of benzene rings is 2. The molecule has 2 unspecified atom stereocenters. The van der Waals surface area contributed by atoms with Crippen LogP contribution in [-0.4, -0.2) is 23.4 Å². The van der Waals surface area contributed by atoms with Crippen LogP contribution < -0.4 is 5.32 Å². The Bertz CT molecular complexity index is 487. The fourth-order valence-corrected chi connectivity index (χ4v) is 2.25. The van der Waals surface area contributed by atoms with Gasteiger partial charge in [-0.25, -0.2) is 0 Å². The van der Waals surface area contributed by atoms with E-state index in [0.29, 0.717) is 13.0 Å². The Hall–Kier alpha value is -1.68. The maximum Gasteiger partial charge on any atom is 0.0984 e. The second-order valence-corrected chi connectivity index (χ2v) is 4.78. The van der Waals surface area contributed by atoms with Crippen LogP contribution in [0.2, 0.25) is 0 Å². The molecule has 0 aliphatic rings. The predicted molar refractivity (Wildman–Crippen MR) is 80.3 cm³/mol. The second kappa shape index (κ2) is 7.80. The van der Waals surface area contributed by atoms with Crippen LogP contribution in [0.1, 0.15) is 29.7 Å². The lowest BCUT2D eigenvalue weighted by molar-refractivity contribution is 0.127. The highest BCUT2D eigenvalue weighted by atomic mass is 16.3. The summed E-state index contributed by atoms with van der Waals surface area (Å²) in [5.41, 5.74) is 1.93. The van der Waals surface area contributed by atoms with Crippen molar-refractivity contribution in [1.82, 2.24) is 5.32 Å². The zero-order valence-corrected chi connectivity index (χ0v) is 11.4. The lowest BCUT2D eigenvalue weighted by Crippen LogP contribution is -2.28. The molecule has 3 heteroatoms. The fraction of sp³-hybridized carbons (Fsp3) is 0.294.